The van der Waals surface area contributed by atoms with Gasteiger partial charge in [-0.05, 0) is 24.3 Å². The van der Waals surface area contributed by atoms with Gasteiger partial charge in [0.2, 0.25) is 6.29 Å². The van der Waals surface area contributed by atoms with Crippen LogP contribution in [0.3, 0.4) is 0 Å². The zero-order chi connectivity index (χ0) is 35.9. The van der Waals surface area contributed by atoms with Gasteiger partial charge in [0, 0.05) is 29.7 Å². The molecule has 0 N–H and O–H groups in total. The molecule has 0 aromatic heterocycles. The molecule has 1 aliphatic rings. The molecule has 0 saturated carbocycles. The number of ether oxygens (including phenoxy) is 5. The summed E-state index contributed by atoms with van der Waals surface area (Å²) in [6.07, 6.45) is -16.4. The van der Waals surface area contributed by atoms with Crippen LogP contribution < -0.4 is 14.2 Å². The Morgan fingerprint density at radius 3 is 1.62 bits per heavy atom. The van der Waals surface area contributed by atoms with Gasteiger partial charge in [0.25, 0.3) is 0 Å². The third kappa shape index (κ3) is 7.72. The Balaban J connectivity index is 1.50. The molecule has 48 heavy (non-hydrogen) atoms. The van der Waals surface area contributed by atoms with Crippen molar-refractivity contribution in [3.63, 3.8) is 0 Å². The number of hydrogen-bond donors (Lipinski definition) is 0. The van der Waals surface area contributed by atoms with Crippen molar-refractivity contribution in [1.29, 1.82) is 0 Å². The van der Waals surface area contributed by atoms with Crippen molar-refractivity contribution in [3.05, 3.63) is 101 Å². The first-order valence-electron chi connectivity index (χ1n) is 13.0. The predicted octanol–water partition coefficient (Wildman–Crippen LogP) is 9.16. The van der Waals surface area contributed by atoms with Gasteiger partial charge in [0.05, 0.1) is 18.8 Å². The smallest absolute Gasteiger partial charge is 0.429 e. The standard InChI is InChI=1S/C29H18F14O5/c1-2-14-12-44-24(45-13-14)26(35,36)25(33,34)15-3-5-16(6-4-15)27(37,38)47-18-10-20(31)23(21(32)11-18)28(39,40)46-17-7-8-22(19(30)9-17)48-29(41,42)43/h2-11,14,24H,1,12-13H2. The molecule has 0 amide bonds. The van der Waals surface area contributed by atoms with E-state index in [1.807, 2.05) is 0 Å². The first-order chi connectivity index (χ1) is 22.1. The van der Waals surface area contributed by atoms with Gasteiger partial charge in [0.15, 0.2) is 11.6 Å². The van der Waals surface area contributed by atoms with Gasteiger partial charge < -0.3 is 23.7 Å². The monoisotopic (exact) mass is 712 g/mol. The maximum Gasteiger partial charge on any atom is 0.573 e. The molecular weight excluding hydrogens is 694 g/mol. The maximum atomic E-state index is 14.8. The Labute approximate surface area is 260 Å². The van der Waals surface area contributed by atoms with Gasteiger partial charge in [-0.3, -0.25) is 0 Å². The van der Waals surface area contributed by atoms with Crippen LogP contribution in [0.15, 0.2) is 67.3 Å². The Hall–Kier alpha value is -4.26. The summed E-state index contributed by atoms with van der Waals surface area (Å²) in [6.45, 7) is 2.57. The van der Waals surface area contributed by atoms with Crippen molar-refractivity contribution in [1.82, 2.24) is 0 Å². The number of alkyl halides is 11. The lowest BCUT2D eigenvalue weighted by Gasteiger charge is -2.36. The quantitative estimate of drug-likeness (QED) is 0.147. The fourth-order valence-electron chi connectivity index (χ4n) is 4.12. The average Bonchev–Trinajstić information content (AvgIpc) is 2.97. The Morgan fingerprint density at radius 1 is 0.625 bits per heavy atom. The van der Waals surface area contributed by atoms with Crippen molar-refractivity contribution >= 4 is 0 Å². The van der Waals surface area contributed by atoms with Crippen LogP contribution in [0, 0.1) is 23.4 Å². The van der Waals surface area contributed by atoms with Crippen LogP contribution >= 0.6 is 0 Å². The second-order valence-corrected chi connectivity index (χ2v) is 9.91. The molecule has 3 aromatic carbocycles. The molecule has 0 spiro atoms. The minimum atomic E-state index is -5.35. The highest BCUT2D eigenvalue weighted by Crippen LogP contribution is 2.48. The largest absolute Gasteiger partial charge is 0.573 e. The van der Waals surface area contributed by atoms with Crippen LogP contribution in [0.4, 0.5) is 61.5 Å². The summed E-state index contributed by atoms with van der Waals surface area (Å²) in [7, 11) is 0. The maximum absolute atomic E-state index is 14.8. The van der Waals surface area contributed by atoms with Crippen molar-refractivity contribution in [3.8, 4) is 17.2 Å². The third-order valence-corrected chi connectivity index (χ3v) is 6.48. The summed E-state index contributed by atoms with van der Waals surface area (Å²) in [6, 6.07) is 1.03. The van der Waals surface area contributed by atoms with E-state index in [1.54, 1.807) is 0 Å². The highest BCUT2D eigenvalue weighted by atomic mass is 19.4. The van der Waals surface area contributed by atoms with Gasteiger partial charge in [0.1, 0.15) is 28.7 Å². The Bertz CT molecular complexity index is 1590. The first kappa shape index (κ1) is 36.6. The van der Waals surface area contributed by atoms with Gasteiger partial charge in [-0.15, -0.1) is 19.8 Å². The van der Waals surface area contributed by atoms with E-state index in [2.05, 4.69) is 30.3 Å². The molecule has 19 heteroatoms. The summed E-state index contributed by atoms with van der Waals surface area (Å²) >= 11 is 0. The van der Waals surface area contributed by atoms with Crippen LogP contribution in [0.2, 0.25) is 0 Å². The average molecular weight is 712 g/mol. The molecule has 262 valence electrons. The van der Waals surface area contributed by atoms with Crippen LogP contribution in [-0.4, -0.2) is 31.8 Å². The summed E-state index contributed by atoms with van der Waals surface area (Å²) in [5, 5.41) is 0. The molecule has 1 heterocycles. The summed E-state index contributed by atoms with van der Waals surface area (Å²) in [4.78, 5) is 0. The normalized spacial score (nSPS) is 18.0. The topological polar surface area (TPSA) is 46.2 Å². The van der Waals surface area contributed by atoms with E-state index in [0.717, 1.165) is 0 Å². The molecule has 0 unspecified atom stereocenters. The highest BCUT2D eigenvalue weighted by molar-refractivity contribution is 5.37. The Kier molecular flexibility index (Phi) is 9.89. The van der Waals surface area contributed by atoms with E-state index in [0.29, 0.717) is 6.07 Å². The fraction of sp³-hybridized carbons (Fsp3) is 0.310. The van der Waals surface area contributed by atoms with Crippen molar-refractivity contribution in [2.24, 2.45) is 5.92 Å². The van der Waals surface area contributed by atoms with E-state index in [1.165, 1.54) is 6.08 Å². The SMILES string of the molecule is C=CC1COC(C(F)(F)C(F)(F)c2ccc(C(F)(F)Oc3cc(F)c(C(F)(F)Oc4ccc(OC(F)(F)F)c(F)c4)c(F)c3)cc2)OC1. The highest BCUT2D eigenvalue weighted by Gasteiger charge is 2.64. The van der Waals surface area contributed by atoms with Gasteiger partial charge in [-0.1, -0.05) is 18.2 Å². The minimum Gasteiger partial charge on any atom is -0.429 e. The zero-order valence-electron chi connectivity index (χ0n) is 23.4. The molecule has 1 aliphatic heterocycles. The van der Waals surface area contributed by atoms with E-state index in [9.17, 15) is 61.5 Å². The van der Waals surface area contributed by atoms with E-state index >= 15 is 0 Å². The number of hydrogen-bond acceptors (Lipinski definition) is 5. The first-order valence-corrected chi connectivity index (χ1v) is 13.0. The lowest BCUT2D eigenvalue weighted by Crippen LogP contribution is -2.52. The number of rotatable bonds is 11. The van der Waals surface area contributed by atoms with Gasteiger partial charge >= 0.3 is 30.4 Å². The second-order valence-electron chi connectivity index (χ2n) is 9.91. The molecule has 1 fully saturated rings. The van der Waals surface area contributed by atoms with Crippen molar-refractivity contribution in [2.75, 3.05) is 13.2 Å². The number of benzene rings is 3. The molecule has 1 saturated heterocycles. The van der Waals surface area contributed by atoms with Crippen LogP contribution in [0.1, 0.15) is 16.7 Å². The molecular formula is C29H18F14O5. The van der Waals surface area contributed by atoms with Crippen molar-refractivity contribution in [2.45, 2.75) is 36.7 Å². The fourth-order valence-corrected chi connectivity index (χ4v) is 4.12. The van der Waals surface area contributed by atoms with E-state index < -0.39 is 107 Å². The van der Waals surface area contributed by atoms with Crippen LogP contribution in [-0.2, 0) is 27.6 Å². The van der Waals surface area contributed by atoms with Crippen molar-refractivity contribution < 1.29 is 85.2 Å². The molecule has 0 atom stereocenters. The minimum absolute atomic E-state index is 0.0268. The van der Waals surface area contributed by atoms with E-state index in [4.69, 9.17) is 0 Å². The Morgan fingerprint density at radius 2 is 1.12 bits per heavy atom. The van der Waals surface area contributed by atoms with Crippen LogP contribution in [0.5, 0.6) is 17.2 Å². The molecule has 0 radical (unpaired) electrons. The third-order valence-electron chi connectivity index (χ3n) is 6.48. The van der Waals surface area contributed by atoms with Gasteiger partial charge in [-0.25, -0.2) is 13.2 Å². The molecule has 0 aliphatic carbocycles. The summed E-state index contributed by atoms with van der Waals surface area (Å²) in [5.74, 6) is -21.0. The molecule has 0 bridgehead atoms. The summed E-state index contributed by atoms with van der Waals surface area (Å²) in [5.41, 5.74) is -4.98. The number of halogens is 14. The zero-order valence-corrected chi connectivity index (χ0v) is 23.4. The molecule has 3 aromatic rings. The molecule has 5 nitrogen and oxygen atoms in total. The second kappa shape index (κ2) is 13.0. The molecule has 4 rings (SSSR count). The lowest BCUT2D eigenvalue weighted by molar-refractivity contribution is -0.349. The lowest BCUT2D eigenvalue weighted by atomic mass is 9.99. The predicted molar refractivity (Wildman–Crippen MR) is 133 cm³/mol. The van der Waals surface area contributed by atoms with E-state index in [-0.39, 0.29) is 48.5 Å². The van der Waals surface area contributed by atoms with Gasteiger partial charge in [-0.2, -0.15) is 35.1 Å². The summed E-state index contributed by atoms with van der Waals surface area (Å²) < 4.78 is 218. The van der Waals surface area contributed by atoms with Crippen LogP contribution in [0.25, 0.3) is 0 Å².